The minimum absolute atomic E-state index is 0.135. The van der Waals surface area contributed by atoms with Gasteiger partial charge in [-0.15, -0.1) is 9.19 Å². The Bertz CT molecular complexity index is 907. The summed E-state index contributed by atoms with van der Waals surface area (Å²) in [5.41, 5.74) is 0.616. The molecular weight excluding hydrogens is 332 g/mol. The van der Waals surface area contributed by atoms with Gasteiger partial charge in [0.25, 0.3) is 10.0 Å². The van der Waals surface area contributed by atoms with Crippen molar-refractivity contribution < 1.29 is 17.9 Å². The zero-order chi connectivity index (χ0) is 16.7. The van der Waals surface area contributed by atoms with Gasteiger partial charge in [0.15, 0.2) is 5.82 Å². The Hall–Kier alpha value is -2.55. The maximum absolute atomic E-state index is 12.8. The topological polar surface area (TPSA) is 104 Å². The van der Waals surface area contributed by atoms with E-state index in [0.717, 1.165) is 4.09 Å². The molecule has 3 atom stereocenters. The van der Waals surface area contributed by atoms with E-state index in [-0.39, 0.29) is 41.9 Å². The van der Waals surface area contributed by atoms with Gasteiger partial charge in [0.1, 0.15) is 6.10 Å². The van der Waals surface area contributed by atoms with Gasteiger partial charge in [-0.1, -0.05) is 36.4 Å². The molecule has 2 aliphatic rings. The first-order chi connectivity index (χ1) is 11.5. The van der Waals surface area contributed by atoms with E-state index in [0.29, 0.717) is 5.56 Å². The molecular formula is C15H14N4O4S. The molecule has 24 heavy (non-hydrogen) atoms. The number of allylic oxidation sites excluding steroid dienone is 1. The minimum Gasteiger partial charge on any atom is -0.458 e. The van der Waals surface area contributed by atoms with Crippen LogP contribution in [0.2, 0.25) is 0 Å². The number of hydrogen-bond acceptors (Lipinski definition) is 7. The lowest BCUT2D eigenvalue weighted by atomic mass is 9.94. The van der Waals surface area contributed by atoms with Crippen molar-refractivity contribution in [3.05, 3.63) is 42.5 Å². The Morgan fingerprint density at radius 3 is 2.79 bits per heavy atom. The van der Waals surface area contributed by atoms with E-state index in [1.54, 1.807) is 36.4 Å². The highest BCUT2D eigenvalue weighted by atomic mass is 32.2. The fraction of sp³-hybridized carbons (Fsp3) is 0.333. The molecule has 1 aliphatic carbocycles. The zero-order valence-corrected chi connectivity index (χ0v) is 13.3. The highest BCUT2D eigenvalue weighted by Crippen LogP contribution is 2.37. The van der Waals surface area contributed by atoms with Gasteiger partial charge >= 0.3 is 5.97 Å². The van der Waals surface area contributed by atoms with E-state index < -0.39 is 10.0 Å². The van der Waals surface area contributed by atoms with Crippen LogP contribution in [0.5, 0.6) is 0 Å². The Balaban J connectivity index is 1.62. The SMILES string of the molecule is O=C1C[C@H]2[C@@H](CS(=O)(=O)n3nnnc3-c3ccccc3)C=C[C@H]2O1. The molecule has 9 heteroatoms. The number of carbonyl (C=O) groups is 1. The molecule has 1 aliphatic heterocycles. The molecule has 0 bridgehead atoms. The van der Waals surface area contributed by atoms with Crippen molar-refractivity contribution >= 4 is 16.0 Å². The highest BCUT2D eigenvalue weighted by molar-refractivity contribution is 7.89. The third-order valence-electron chi connectivity index (χ3n) is 4.33. The van der Waals surface area contributed by atoms with Crippen molar-refractivity contribution in [1.29, 1.82) is 0 Å². The predicted molar refractivity (Wildman–Crippen MR) is 83.1 cm³/mol. The van der Waals surface area contributed by atoms with E-state index in [9.17, 15) is 13.2 Å². The van der Waals surface area contributed by atoms with E-state index >= 15 is 0 Å². The van der Waals surface area contributed by atoms with Crippen molar-refractivity contribution in [2.24, 2.45) is 11.8 Å². The average Bonchev–Trinajstić information content (AvgIpc) is 3.25. The molecule has 2 heterocycles. The van der Waals surface area contributed by atoms with Crippen molar-refractivity contribution in [2.45, 2.75) is 12.5 Å². The summed E-state index contributed by atoms with van der Waals surface area (Å²) in [6.07, 6.45) is 3.47. The number of rotatable bonds is 4. The number of hydrogen-bond donors (Lipinski definition) is 0. The van der Waals surface area contributed by atoms with Crippen LogP contribution in [0.25, 0.3) is 11.4 Å². The second-order valence-electron chi connectivity index (χ2n) is 5.86. The monoisotopic (exact) mass is 346 g/mol. The van der Waals surface area contributed by atoms with Gasteiger partial charge in [0.05, 0.1) is 12.2 Å². The van der Waals surface area contributed by atoms with Crippen LogP contribution in [0.1, 0.15) is 6.42 Å². The molecule has 1 aromatic heterocycles. The standard InChI is InChI=1S/C15H14N4O4S/c20-14-8-12-11(6-7-13(12)23-14)9-24(21,22)19-15(16-17-18-19)10-4-2-1-3-5-10/h1-7,11-13H,8-9H2/t11-,12+,13-/m1/s1. The van der Waals surface area contributed by atoms with Crippen molar-refractivity contribution in [3.8, 4) is 11.4 Å². The maximum Gasteiger partial charge on any atom is 0.306 e. The van der Waals surface area contributed by atoms with Crippen LogP contribution in [0, 0.1) is 11.8 Å². The second-order valence-corrected chi connectivity index (χ2v) is 7.70. The van der Waals surface area contributed by atoms with Crippen molar-refractivity contribution in [2.75, 3.05) is 5.75 Å². The summed E-state index contributed by atoms with van der Waals surface area (Å²) < 4.78 is 31.6. The van der Waals surface area contributed by atoms with Crippen LogP contribution in [-0.4, -0.2) is 45.9 Å². The van der Waals surface area contributed by atoms with Gasteiger partial charge in [0.2, 0.25) is 0 Å². The summed E-state index contributed by atoms with van der Waals surface area (Å²) in [5, 5.41) is 11.0. The number of fused-ring (bicyclic) bond motifs is 1. The van der Waals surface area contributed by atoms with Crippen LogP contribution in [-0.2, 0) is 19.6 Å². The second kappa shape index (κ2) is 5.52. The molecule has 0 spiro atoms. The normalized spacial score (nSPS) is 25.7. The molecule has 124 valence electrons. The van der Waals surface area contributed by atoms with Crippen LogP contribution in [0.3, 0.4) is 0 Å². The summed E-state index contributed by atoms with van der Waals surface area (Å²) >= 11 is 0. The van der Waals surface area contributed by atoms with Crippen LogP contribution >= 0.6 is 0 Å². The fourth-order valence-corrected chi connectivity index (χ4v) is 4.72. The molecule has 0 radical (unpaired) electrons. The minimum atomic E-state index is -3.77. The number of nitrogens with zero attached hydrogens (tertiary/aromatic N) is 4. The lowest BCUT2D eigenvalue weighted by molar-refractivity contribution is -0.140. The third kappa shape index (κ3) is 2.50. The van der Waals surface area contributed by atoms with Crippen molar-refractivity contribution in [1.82, 2.24) is 19.6 Å². The molecule has 1 fully saturated rings. The Morgan fingerprint density at radius 2 is 2.00 bits per heavy atom. The summed E-state index contributed by atoms with van der Waals surface area (Å²) in [5.74, 6) is -0.716. The first-order valence-electron chi connectivity index (χ1n) is 7.49. The first-order valence-corrected chi connectivity index (χ1v) is 9.10. The predicted octanol–water partition coefficient (Wildman–Crippen LogP) is 0.636. The molecule has 8 nitrogen and oxygen atoms in total. The lowest BCUT2D eigenvalue weighted by Gasteiger charge is -2.16. The Morgan fingerprint density at radius 1 is 1.21 bits per heavy atom. The van der Waals surface area contributed by atoms with Gasteiger partial charge in [-0.25, -0.2) is 8.42 Å². The van der Waals surface area contributed by atoms with Gasteiger partial charge in [-0.05, 0) is 22.4 Å². The van der Waals surface area contributed by atoms with Gasteiger partial charge in [-0.2, -0.15) is 0 Å². The van der Waals surface area contributed by atoms with Crippen molar-refractivity contribution in [3.63, 3.8) is 0 Å². The van der Waals surface area contributed by atoms with Gasteiger partial charge < -0.3 is 4.74 Å². The van der Waals surface area contributed by atoms with E-state index in [2.05, 4.69) is 15.5 Å². The number of benzene rings is 1. The quantitative estimate of drug-likeness (QED) is 0.591. The smallest absolute Gasteiger partial charge is 0.306 e. The summed E-state index contributed by atoms with van der Waals surface area (Å²) in [6.45, 7) is 0. The molecule has 0 saturated carbocycles. The number of esters is 1. The van der Waals surface area contributed by atoms with Gasteiger partial charge in [-0.3, -0.25) is 4.79 Å². The van der Waals surface area contributed by atoms with Crippen LogP contribution < -0.4 is 0 Å². The number of carbonyl (C=O) groups excluding carboxylic acids is 1. The molecule has 0 amide bonds. The van der Waals surface area contributed by atoms with Crippen LogP contribution in [0.4, 0.5) is 0 Å². The Labute approximate surface area is 138 Å². The van der Waals surface area contributed by atoms with E-state index in [4.69, 9.17) is 4.74 Å². The molecule has 4 rings (SSSR count). The molecule has 0 N–H and O–H groups in total. The zero-order valence-electron chi connectivity index (χ0n) is 12.5. The maximum atomic E-state index is 12.8. The number of tetrazole rings is 1. The summed E-state index contributed by atoms with van der Waals surface area (Å²) in [6, 6.07) is 8.88. The third-order valence-corrected chi connectivity index (χ3v) is 5.91. The molecule has 1 aromatic carbocycles. The summed E-state index contributed by atoms with van der Waals surface area (Å²) in [7, 11) is -3.77. The molecule has 0 unspecified atom stereocenters. The van der Waals surface area contributed by atoms with E-state index in [1.807, 2.05) is 6.07 Å². The van der Waals surface area contributed by atoms with Crippen LogP contribution in [0.15, 0.2) is 42.5 Å². The average molecular weight is 346 g/mol. The highest BCUT2D eigenvalue weighted by Gasteiger charge is 2.43. The number of aromatic nitrogens is 4. The number of ether oxygens (including phenoxy) is 1. The lowest BCUT2D eigenvalue weighted by Crippen LogP contribution is -2.27. The van der Waals surface area contributed by atoms with Gasteiger partial charge in [0, 0.05) is 11.5 Å². The largest absolute Gasteiger partial charge is 0.458 e. The first kappa shape index (κ1) is 15.0. The Kier molecular flexibility index (Phi) is 3.45. The summed E-state index contributed by atoms with van der Waals surface area (Å²) in [4.78, 5) is 11.4. The fourth-order valence-electron chi connectivity index (χ4n) is 3.18. The van der Waals surface area contributed by atoms with E-state index in [1.165, 1.54) is 0 Å². The molecule has 1 saturated heterocycles. The molecule has 2 aromatic rings.